The lowest BCUT2D eigenvalue weighted by Gasteiger charge is -2.48. The van der Waals surface area contributed by atoms with Gasteiger partial charge in [-0.3, -0.25) is 4.79 Å². The first-order valence-corrected chi connectivity index (χ1v) is 8.39. The number of anilines is 1. The van der Waals surface area contributed by atoms with E-state index < -0.39 is 17.4 Å². The number of hydrogen-bond donors (Lipinski definition) is 2. The van der Waals surface area contributed by atoms with E-state index in [4.69, 9.17) is 5.73 Å². The van der Waals surface area contributed by atoms with Crippen molar-refractivity contribution in [2.24, 2.45) is 11.7 Å². The molecule has 2 aromatic carbocycles. The Morgan fingerprint density at radius 1 is 1.17 bits per heavy atom. The van der Waals surface area contributed by atoms with Gasteiger partial charge in [0.15, 0.2) is 0 Å². The summed E-state index contributed by atoms with van der Waals surface area (Å²) in [5.74, 6) is -1.22. The molecule has 0 bridgehead atoms. The number of carbonyl (C=O) groups excluding carboxylic acids is 1. The minimum absolute atomic E-state index is 0.171. The zero-order chi connectivity index (χ0) is 17.2. The van der Waals surface area contributed by atoms with Gasteiger partial charge in [-0.2, -0.15) is 0 Å². The third-order valence-corrected chi connectivity index (χ3v) is 5.29. The van der Waals surface area contributed by atoms with E-state index in [2.05, 4.69) is 17.0 Å². The van der Waals surface area contributed by atoms with Crippen LogP contribution < -0.4 is 10.6 Å². The fraction of sp³-hybridized carbons (Fsp3) is 0.350. The van der Waals surface area contributed by atoms with E-state index in [9.17, 15) is 9.90 Å². The van der Waals surface area contributed by atoms with Gasteiger partial charge in [-0.1, -0.05) is 55.5 Å². The Labute approximate surface area is 142 Å². The van der Waals surface area contributed by atoms with Gasteiger partial charge in [-0.05, 0) is 24.1 Å². The first-order valence-electron chi connectivity index (χ1n) is 8.39. The van der Waals surface area contributed by atoms with E-state index in [-0.39, 0.29) is 5.92 Å². The molecule has 3 atom stereocenters. The molecule has 1 saturated heterocycles. The molecule has 0 aliphatic carbocycles. The average molecular weight is 324 g/mol. The number of nitrogens with zero attached hydrogens (tertiary/aromatic N) is 1. The van der Waals surface area contributed by atoms with Gasteiger partial charge in [0.1, 0.15) is 0 Å². The van der Waals surface area contributed by atoms with E-state index in [1.165, 1.54) is 0 Å². The zero-order valence-electron chi connectivity index (χ0n) is 13.9. The van der Waals surface area contributed by atoms with Gasteiger partial charge in [-0.25, -0.2) is 0 Å². The third kappa shape index (κ3) is 3.02. The molecule has 126 valence electrons. The summed E-state index contributed by atoms with van der Waals surface area (Å²) in [6.07, 6.45) is 0.506. The minimum atomic E-state index is -1.13. The molecule has 4 nitrogen and oxygen atoms in total. The van der Waals surface area contributed by atoms with E-state index in [0.717, 1.165) is 11.3 Å². The average Bonchev–Trinajstić information content (AvgIpc) is 2.63. The molecule has 3 rings (SSSR count). The molecule has 24 heavy (non-hydrogen) atoms. The molecular formula is C20H24N2O2. The van der Waals surface area contributed by atoms with Crippen molar-refractivity contribution in [1.82, 2.24) is 0 Å². The molecule has 1 heterocycles. The summed E-state index contributed by atoms with van der Waals surface area (Å²) in [6, 6.07) is 20.1. The highest BCUT2D eigenvalue weighted by Gasteiger charge is 2.48. The lowest BCUT2D eigenvalue weighted by Crippen LogP contribution is -2.56. The van der Waals surface area contributed by atoms with Crippen LogP contribution in [0.25, 0.3) is 0 Å². The maximum absolute atomic E-state index is 11.8. The quantitative estimate of drug-likeness (QED) is 0.908. The zero-order valence-corrected chi connectivity index (χ0v) is 13.9. The normalized spacial score (nSPS) is 25.2. The number of nitrogens with two attached hydrogens (primary N) is 1. The van der Waals surface area contributed by atoms with Crippen molar-refractivity contribution in [3.05, 3.63) is 66.2 Å². The van der Waals surface area contributed by atoms with Gasteiger partial charge in [0.2, 0.25) is 5.91 Å². The predicted molar refractivity (Wildman–Crippen MR) is 95.8 cm³/mol. The van der Waals surface area contributed by atoms with Crippen LogP contribution in [0, 0.1) is 5.92 Å². The summed E-state index contributed by atoms with van der Waals surface area (Å²) in [4.78, 5) is 14.0. The van der Waals surface area contributed by atoms with Crippen LogP contribution in [0.1, 0.15) is 24.8 Å². The van der Waals surface area contributed by atoms with Crippen molar-refractivity contribution in [2.45, 2.75) is 24.9 Å². The summed E-state index contributed by atoms with van der Waals surface area (Å²) in [5, 5.41) is 11.4. The SMILES string of the molecule is CC(C(N)=O)C1(O)CCN(c2ccccc2)CC1c1ccccc1. The third-order valence-electron chi connectivity index (χ3n) is 5.29. The maximum Gasteiger partial charge on any atom is 0.223 e. The van der Waals surface area contributed by atoms with Gasteiger partial charge >= 0.3 is 0 Å². The van der Waals surface area contributed by atoms with E-state index in [0.29, 0.717) is 19.5 Å². The van der Waals surface area contributed by atoms with Crippen molar-refractivity contribution in [2.75, 3.05) is 18.0 Å². The van der Waals surface area contributed by atoms with Crippen LogP contribution in [0.3, 0.4) is 0 Å². The number of benzene rings is 2. The topological polar surface area (TPSA) is 66.6 Å². The number of para-hydroxylation sites is 1. The monoisotopic (exact) mass is 324 g/mol. The summed E-state index contributed by atoms with van der Waals surface area (Å²) >= 11 is 0. The Morgan fingerprint density at radius 3 is 2.33 bits per heavy atom. The fourth-order valence-electron chi connectivity index (χ4n) is 3.68. The predicted octanol–water partition coefficient (Wildman–Crippen LogP) is 2.53. The first-order chi connectivity index (χ1) is 11.5. The van der Waals surface area contributed by atoms with Crippen molar-refractivity contribution in [1.29, 1.82) is 0 Å². The van der Waals surface area contributed by atoms with Crippen LogP contribution in [0.15, 0.2) is 60.7 Å². The van der Waals surface area contributed by atoms with Crippen molar-refractivity contribution < 1.29 is 9.90 Å². The summed E-state index contributed by atoms with van der Waals surface area (Å²) < 4.78 is 0. The van der Waals surface area contributed by atoms with Crippen molar-refractivity contribution in [3.63, 3.8) is 0 Å². The smallest absolute Gasteiger partial charge is 0.223 e. The van der Waals surface area contributed by atoms with Crippen LogP contribution in [0.5, 0.6) is 0 Å². The molecule has 0 aromatic heterocycles. The Morgan fingerprint density at radius 2 is 1.75 bits per heavy atom. The van der Waals surface area contributed by atoms with Gasteiger partial charge < -0.3 is 15.7 Å². The van der Waals surface area contributed by atoms with Gasteiger partial charge in [-0.15, -0.1) is 0 Å². The van der Waals surface area contributed by atoms with Gasteiger partial charge in [0.05, 0.1) is 11.5 Å². The lowest BCUT2D eigenvalue weighted by atomic mass is 9.69. The first kappa shape index (κ1) is 16.5. The van der Waals surface area contributed by atoms with E-state index in [1.807, 2.05) is 48.5 Å². The fourth-order valence-corrected chi connectivity index (χ4v) is 3.68. The van der Waals surface area contributed by atoms with Crippen LogP contribution in [-0.4, -0.2) is 29.7 Å². The number of piperidine rings is 1. The second-order valence-corrected chi connectivity index (χ2v) is 6.61. The molecule has 4 heteroatoms. The highest BCUT2D eigenvalue weighted by Crippen LogP contribution is 2.42. The minimum Gasteiger partial charge on any atom is -0.388 e. The number of carbonyl (C=O) groups is 1. The molecule has 0 saturated carbocycles. The van der Waals surface area contributed by atoms with E-state index in [1.54, 1.807) is 6.92 Å². The van der Waals surface area contributed by atoms with Crippen LogP contribution in [0.4, 0.5) is 5.69 Å². The molecule has 2 aromatic rings. The standard InChI is InChI=1S/C20H24N2O2/c1-15(19(21)23)20(24)12-13-22(17-10-6-3-7-11-17)14-18(20)16-8-4-2-5-9-16/h2-11,15,18,24H,12-14H2,1H3,(H2,21,23). The van der Waals surface area contributed by atoms with Crippen LogP contribution in [-0.2, 0) is 4.79 Å². The van der Waals surface area contributed by atoms with Crippen LogP contribution in [0.2, 0.25) is 0 Å². The van der Waals surface area contributed by atoms with Crippen molar-refractivity contribution >= 4 is 11.6 Å². The largest absolute Gasteiger partial charge is 0.388 e. The summed E-state index contributed by atoms with van der Waals surface area (Å²) in [7, 11) is 0. The Balaban J connectivity index is 1.96. The molecule has 3 N–H and O–H groups in total. The van der Waals surface area contributed by atoms with Gasteiger partial charge in [0, 0.05) is 24.7 Å². The highest BCUT2D eigenvalue weighted by molar-refractivity contribution is 5.78. The molecule has 1 aliphatic heterocycles. The molecule has 0 radical (unpaired) electrons. The Bertz CT molecular complexity index is 689. The second-order valence-electron chi connectivity index (χ2n) is 6.61. The van der Waals surface area contributed by atoms with Gasteiger partial charge in [0.25, 0.3) is 0 Å². The maximum atomic E-state index is 11.8. The summed E-state index contributed by atoms with van der Waals surface area (Å²) in [5.41, 5.74) is 6.57. The molecule has 3 unspecified atom stereocenters. The second kappa shape index (κ2) is 6.65. The van der Waals surface area contributed by atoms with E-state index >= 15 is 0 Å². The molecule has 0 spiro atoms. The van der Waals surface area contributed by atoms with Crippen LogP contribution >= 0.6 is 0 Å². The molecule has 1 aliphatic rings. The highest BCUT2D eigenvalue weighted by atomic mass is 16.3. The Kier molecular flexibility index (Phi) is 4.58. The molecular weight excluding hydrogens is 300 g/mol. The number of hydrogen-bond acceptors (Lipinski definition) is 3. The Hall–Kier alpha value is -2.33. The molecule has 1 amide bonds. The summed E-state index contributed by atoms with van der Waals surface area (Å²) in [6.45, 7) is 3.08. The van der Waals surface area contributed by atoms with Crippen molar-refractivity contribution in [3.8, 4) is 0 Å². The lowest BCUT2D eigenvalue weighted by molar-refractivity contribution is -0.133. The molecule has 1 fully saturated rings. The number of primary amides is 1. The number of rotatable bonds is 4. The number of aliphatic hydroxyl groups is 1. The number of amides is 1.